The Morgan fingerprint density at radius 1 is 0.362 bits per heavy atom. The molecule has 4 aliphatic carbocycles. The Balaban J connectivity index is 0.000000273. The number of hydrogen-bond acceptors (Lipinski definition) is 10. The third kappa shape index (κ3) is 32.0. The Morgan fingerprint density at radius 2 is 0.629 bits per heavy atom. The molecule has 6 aromatic carbocycles. The molecule has 0 saturated heterocycles. The molecule has 0 amide bonds. The van der Waals surface area contributed by atoms with E-state index in [0.717, 1.165) is 79.5 Å². The maximum absolute atomic E-state index is 9.01. The molecule has 105 heavy (non-hydrogen) atoms. The minimum atomic E-state index is -0.230. The van der Waals surface area contributed by atoms with Crippen LogP contribution in [0.25, 0.3) is 0 Å². The van der Waals surface area contributed by atoms with Gasteiger partial charge in [0, 0.05) is 29.8 Å². The van der Waals surface area contributed by atoms with Crippen LogP contribution in [0.5, 0.6) is 34.5 Å². The molecule has 0 aromatic heterocycles. The van der Waals surface area contributed by atoms with Crippen molar-refractivity contribution in [3.8, 4) is 34.5 Å². The molecule has 0 spiro atoms. The van der Waals surface area contributed by atoms with Crippen LogP contribution < -0.4 is 18.9 Å². The first kappa shape index (κ1) is 91.3. The van der Waals surface area contributed by atoms with Crippen molar-refractivity contribution in [1.82, 2.24) is 0 Å². The Bertz CT molecular complexity index is 3110. The van der Waals surface area contributed by atoms with E-state index >= 15 is 0 Å². The quantitative estimate of drug-likeness (QED) is 0.0408. The van der Waals surface area contributed by atoms with E-state index in [0.29, 0.717) is 64.8 Å². The van der Waals surface area contributed by atoms with Crippen LogP contribution in [0, 0.1) is 46.3 Å². The number of hydrogen-bond donors (Lipinski definition) is 2. The van der Waals surface area contributed by atoms with Crippen LogP contribution in [0.3, 0.4) is 0 Å². The van der Waals surface area contributed by atoms with Gasteiger partial charge in [-0.2, -0.15) is 0 Å². The number of benzene rings is 6. The largest absolute Gasteiger partial charge is 0.508 e. The van der Waals surface area contributed by atoms with Crippen molar-refractivity contribution in [3.05, 3.63) is 179 Å². The van der Waals surface area contributed by atoms with Crippen LogP contribution in [-0.4, -0.2) is 61.3 Å². The van der Waals surface area contributed by atoms with Crippen LogP contribution in [0.4, 0.5) is 0 Å². The summed E-state index contributed by atoms with van der Waals surface area (Å²) in [5.74, 6) is 11.8. The van der Waals surface area contributed by atoms with Crippen molar-refractivity contribution >= 4 is 0 Å². The normalized spacial score (nSPS) is 19.4. The van der Waals surface area contributed by atoms with Crippen molar-refractivity contribution in [3.63, 3.8) is 0 Å². The molecule has 4 aliphatic rings. The van der Waals surface area contributed by atoms with Gasteiger partial charge in [-0.25, -0.2) is 0 Å². The summed E-state index contributed by atoms with van der Waals surface area (Å²) in [6.45, 7) is 54.8. The molecule has 588 valence electrons. The zero-order chi connectivity index (χ0) is 78.1. The highest BCUT2D eigenvalue weighted by molar-refractivity contribution is 5.33. The van der Waals surface area contributed by atoms with E-state index in [-0.39, 0.29) is 48.2 Å². The molecule has 10 heteroatoms. The summed E-state index contributed by atoms with van der Waals surface area (Å²) in [7, 11) is 1.68. The molecule has 6 aromatic rings. The van der Waals surface area contributed by atoms with Gasteiger partial charge in [0.15, 0.2) is 0 Å². The second kappa shape index (κ2) is 46.3. The summed E-state index contributed by atoms with van der Waals surface area (Å²) in [6, 6.07) is 48.7. The van der Waals surface area contributed by atoms with Gasteiger partial charge < -0.3 is 48.1 Å². The number of phenols is 2. The Morgan fingerprint density at radius 3 is 0.876 bits per heavy atom. The molecule has 0 aliphatic heterocycles. The fraction of sp³-hybridized carbons (Fsp3) is 0.621. The van der Waals surface area contributed by atoms with Crippen LogP contribution >= 0.6 is 0 Å². The van der Waals surface area contributed by atoms with Crippen LogP contribution in [0.2, 0.25) is 0 Å². The Kier molecular flexibility index (Phi) is 40.3. The zero-order valence-electron chi connectivity index (χ0n) is 70.6. The fourth-order valence-corrected chi connectivity index (χ4v) is 13.9. The summed E-state index contributed by atoms with van der Waals surface area (Å²) in [6.07, 6.45) is 14.9. The molecule has 4 saturated carbocycles. The molecular weight excluding hydrogens is 1300 g/mol. The van der Waals surface area contributed by atoms with Crippen molar-refractivity contribution in [2.45, 2.75) is 323 Å². The lowest BCUT2D eigenvalue weighted by Gasteiger charge is -2.58. The van der Waals surface area contributed by atoms with E-state index in [1.807, 2.05) is 62.4 Å². The van der Waals surface area contributed by atoms with Gasteiger partial charge in [0.25, 0.3) is 0 Å². The van der Waals surface area contributed by atoms with Crippen molar-refractivity contribution in [2.75, 3.05) is 13.7 Å². The van der Waals surface area contributed by atoms with E-state index < -0.39 is 0 Å². The topological polar surface area (TPSA) is 114 Å². The van der Waals surface area contributed by atoms with E-state index in [1.165, 1.54) is 78.3 Å². The van der Waals surface area contributed by atoms with Gasteiger partial charge in [-0.05, 0) is 270 Å². The smallest absolute Gasteiger partial charge is 0.205 e. The van der Waals surface area contributed by atoms with Crippen molar-refractivity contribution in [2.24, 2.45) is 46.3 Å². The van der Waals surface area contributed by atoms with Gasteiger partial charge in [-0.3, -0.25) is 0 Å². The van der Waals surface area contributed by atoms with E-state index in [4.69, 9.17) is 48.1 Å². The van der Waals surface area contributed by atoms with Crippen molar-refractivity contribution in [1.29, 1.82) is 0 Å². The maximum atomic E-state index is 9.01. The SMILES string of the molecule is CCC(C)c1ccc(O)cc1.CCC(C)c1ccc(O)cc1.CCC(C)c1ccc(OC(OC(C)C)C(C)C)cc1.CCC(C)c1ccc(OC(OC(C)C)C23CC4CC(CC(C4)C2)C3)cc1.CCC(C)c1ccc(OC(OC)C(C)(C)C)cc1.CCC(C)c1ccc(OC(OCC(C)C)C(C)C)cc1. The number of rotatable bonds is 31. The molecule has 4 fully saturated rings. The summed E-state index contributed by atoms with van der Waals surface area (Å²) in [4.78, 5) is 0. The predicted octanol–water partition coefficient (Wildman–Crippen LogP) is 27.2. The van der Waals surface area contributed by atoms with Gasteiger partial charge in [-0.1, -0.05) is 218 Å². The third-order valence-corrected chi connectivity index (χ3v) is 21.4. The fourth-order valence-electron chi connectivity index (χ4n) is 13.9. The molecule has 0 radical (unpaired) electrons. The maximum Gasteiger partial charge on any atom is 0.205 e. The van der Waals surface area contributed by atoms with E-state index in [1.54, 1.807) is 31.4 Å². The number of phenolic OH excluding ortho intramolecular Hbond substituents is 2. The highest BCUT2D eigenvalue weighted by Gasteiger charge is 2.56. The monoisotopic (exact) mass is 1450 g/mol. The average Bonchev–Trinajstić information content (AvgIpc) is 0.737. The summed E-state index contributed by atoms with van der Waals surface area (Å²) in [5.41, 5.74) is 8.28. The first-order valence-corrected chi connectivity index (χ1v) is 40.8. The van der Waals surface area contributed by atoms with E-state index in [2.05, 4.69) is 232 Å². The summed E-state index contributed by atoms with van der Waals surface area (Å²) in [5, 5.41) is 18.0. The lowest BCUT2D eigenvalue weighted by atomic mass is 9.49. The molecule has 0 heterocycles. The molecule has 4 bridgehead atoms. The van der Waals surface area contributed by atoms with Crippen LogP contribution in [0.15, 0.2) is 146 Å². The van der Waals surface area contributed by atoms with Gasteiger partial charge in [-0.15, -0.1) is 0 Å². The standard InChI is InChI=1S/C24H36O2.C18H30O2.C17H28O2.C16H26O2.2C10H14O/c1-5-17(4)21-6-8-22(9-7-21)26-23(25-16(2)3)24-13-18-10-19(14-24)12-20(11-18)15-24;1-7-15(6)16-8-10-17(11-9-16)20-18(14(4)5)19-12-13(2)3;1-7-14(6)15-8-10-16(11-9-15)19-17(12(2)3)18-13(4)5;1-7-12(2)13-8-10-14(11-9-13)18-15(17-6)16(3,4)5;2*1-3-8(2)9-4-6-10(11)7-5-9/h6-9,16-20,23H,5,10-15H2,1-4H3;8-11,13-15,18H,7,12H2,1-6H3;8-14,17H,7H2,1-6H3;8-12,15H,7H2,1-6H3;2*4-8,11H,3H2,1-2H3. The lowest BCUT2D eigenvalue weighted by Crippen LogP contribution is -2.54. The lowest BCUT2D eigenvalue weighted by molar-refractivity contribution is -0.227. The van der Waals surface area contributed by atoms with Gasteiger partial charge in [0.05, 0.1) is 18.8 Å². The Hall–Kier alpha value is -6.04. The Labute approximate surface area is 641 Å². The highest BCUT2D eigenvalue weighted by Crippen LogP contribution is 2.62. The molecule has 2 N–H and O–H groups in total. The minimum Gasteiger partial charge on any atom is -0.508 e. The minimum absolute atomic E-state index is 0.0376. The van der Waals surface area contributed by atoms with Crippen molar-refractivity contribution < 1.29 is 48.1 Å². The molecule has 10 rings (SSSR count). The van der Waals surface area contributed by atoms with Gasteiger partial charge in [0.2, 0.25) is 25.2 Å². The number of aromatic hydroxyl groups is 2. The first-order valence-electron chi connectivity index (χ1n) is 40.8. The van der Waals surface area contributed by atoms with Crippen LogP contribution in [-0.2, 0) is 18.9 Å². The second-order valence-corrected chi connectivity index (χ2v) is 33.7. The number of ether oxygens (including phenoxy) is 8. The van der Waals surface area contributed by atoms with Gasteiger partial charge in [0.1, 0.15) is 34.5 Å². The third-order valence-electron chi connectivity index (χ3n) is 21.4. The molecule has 10 nitrogen and oxygen atoms in total. The van der Waals surface area contributed by atoms with Gasteiger partial charge >= 0.3 is 0 Å². The summed E-state index contributed by atoms with van der Waals surface area (Å²) < 4.78 is 47.8. The highest BCUT2D eigenvalue weighted by atomic mass is 16.7. The van der Waals surface area contributed by atoms with E-state index in [9.17, 15) is 0 Å². The average molecular weight is 1450 g/mol. The van der Waals surface area contributed by atoms with Crippen LogP contribution in [0.1, 0.15) is 319 Å². The predicted molar refractivity (Wildman–Crippen MR) is 442 cm³/mol. The zero-order valence-corrected chi connectivity index (χ0v) is 70.6. The molecule has 10 atom stereocenters. The second-order valence-electron chi connectivity index (χ2n) is 33.7. The molecule has 10 unspecified atom stereocenters. The molecular formula is C95H148O10. The summed E-state index contributed by atoms with van der Waals surface area (Å²) >= 11 is 0. The first-order chi connectivity index (χ1) is 49.7. The number of methoxy groups -OCH3 is 1.